The summed E-state index contributed by atoms with van der Waals surface area (Å²) in [5.74, 6) is -0.289. The number of aryl methyl sites for hydroxylation is 1. The zero-order chi connectivity index (χ0) is 20.8. The molecule has 0 N–H and O–H groups in total. The number of halogens is 1. The molecule has 0 saturated carbocycles. The minimum atomic E-state index is -3.59. The van der Waals surface area contributed by atoms with Crippen molar-refractivity contribution < 1.29 is 13.2 Å². The normalized spacial score (nSPS) is 22.5. The highest BCUT2D eigenvalue weighted by atomic mass is 79.9. The van der Waals surface area contributed by atoms with Crippen LogP contribution >= 0.6 is 15.9 Å². The number of hydrogen-bond donors (Lipinski definition) is 0. The summed E-state index contributed by atoms with van der Waals surface area (Å²) in [7, 11) is -3.59. The Bertz CT molecular complexity index is 1040. The topological polar surface area (TPSA) is 57.7 Å². The average Bonchev–Trinajstić information content (AvgIpc) is 3.02. The van der Waals surface area contributed by atoms with Crippen molar-refractivity contribution in [3.8, 4) is 0 Å². The lowest BCUT2D eigenvalue weighted by atomic mass is 9.97. The van der Waals surface area contributed by atoms with Crippen LogP contribution in [0.2, 0.25) is 0 Å². The predicted octanol–water partition coefficient (Wildman–Crippen LogP) is 4.14. The third-order valence-corrected chi connectivity index (χ3v) is 8.26. The van der Waals surface area contributed by atoms with E-state index in [2.05, 4.69) is 28.9 Å². The van der Waals surface area contributed by atoms with Crippen LogP contribution in [0.5, 0.6) is 0 Å². The Morgan fingerprint density at radius 1 is 1.14 bits per heavy atom. The fourth-order valence-corrected chi connectivity index (χ4v) is 6.29. The molecule has 2 aliphatic rings. The van der Waals surface area contributed by atoms with Crippen molar-refractivity contribution in [2.75, 3.05) is 18.0 Å². The number of nitrogens with zero attached hydrogens (tertiary/aromatic N) is 2. The molecule has 0 aliphatic carbocycles. The van der Waals surface area contributed by atoms with Crippen LogP contribution in [0.25, 0.3) is 0 Å². The van der Waals surface area contributed by atoms with Gasteiger partial charge in [0.2, 0.25) is 15.9 Å². The van der Waals surface area contributed by atoms with Crippen molar-refractivity contribution in [1.29, 1.82) is 0 Å². The van der Waals surface area contributed by atoms with Crippen molar-refractivity contribution in [3.05, 3.63) is 58.1 Å². The molecule has 0 radical (unpaired) electrons. The molecule has 2 heterocycles. The van der Waals surface area contributed by atoms with E-state index >= 15 is 0 Å². The van der Waals surface area contributed by atoms with Crippen LogP contribution in [-0.4, -0.2) is 37.8 Å². The Hall–Kier alpha value is -1.70. The summed E-state index contributed by atoms with van der Waals surface area (Å²) < 4.78 is 28.7. The van der Waals surface area contributed by atoms with Gasteiger partial charge < -0.3 is 4.90 Å². The number of benzene rings is 2. The Kier molecular flexibility index (Phi) is 5.57. The lowest BCUT2D eigenvalue weighted by molar-refractivity contribution is -0.123. The number of carbonyl (C=O) groups excluding carboxylic acids is 1. The van der Waals surface area contributed by atoms with E-state index in [-0.39, 0.29) is 24.4 Å². The van der Waals surface area contributed by atoms with E-state index in [9.17, 15) is 13.2 Å². The number of sulfonamides is 1. The molecule has 0 spiro atoms. The van der Waals surface area contributed by atoms with Gasteiger partial charge in [0.1, 0.15) is 0 Å². The molecule has 7 heteroatoms. The third-order valence-electron chi connectivity index (χ3n) is 5.89. The van der Waals surface area contributed by atoms with E-state index in [1.165, 1.54) is 4.31 Å². The van der Waals surface area contributed by atoms with Gasteiger partial charge in [-0.05, 0) is 69.0 Å². The van der Waals surface area contributed by atoms with E-state index in [1.807, 2.05) is 24.0 Å². The average molecular weight is 477 g/mol. The molecule has 2 atom stereocenters. The SMILES string of the molecule is Cc1ccc(S(=O)(=O)N2CCCC(C(=O)N3c4ccc(Br)cc4CC3C)C2)cc1. The van der Waals surface area contributed by atoms with Crippen molar-refractivity contribution in [1.82, 2.24) is 4.31 Å². The lowest BCUT2D eigenvalue weighted by Gasteiger charge is -2.34. The summed E-state index contributed by atoms with van der Waals surface area (Å²) in [5, 5.41) is 0. The molecule has 0 bridgehead atoms. The minimum Gasteiger partial charge on any atom is -0.309 e. The molecule has 1 saturated heterocycles. The van der Waals surface area contributed by atoms with Crippen LogP contribution in [0.4, 0.5) is 5.69 Å². The van der Waals surface area contributed by atoms with Gasteiger partial charge >= 0.3 is 0 Å². The number of carbonyl (C=O) groups is 1. The quantitative estimate of drug-likeness (QED) is 0.668. The van der Waals surface area contributed by atoms with Gasteiger partial charge in [-0.1, -0.05) is 33.6 Å². The molecule has 2 aliphatic heterocycles. The van der Waals surface area contributed by atoms with Gasteiger partial charge in [0.05, 0.1) is 10.8 Å². The molecule has 2 unspecified atom stereocenters. The largest absolute Gasteiger partial charge is 0.309 e. The second kappa shape index (κ2) is 7.85. The highest BCUT2D eigenvalue weighted by molar-refractivity contribution is 9.10. The Morgan fingerprint density at radius 2 is 1.86 bits per heavy atom. The molecular formula is C22H25BrN2O3S. The fraction of sp³-hybridized carbons (Fsp3) is 0.409. The molecule has 4 rings (SSSR count). The molecular weight excluding hydrogens is 452 g/mol. The first-order valence-electron chi connectivity index (χ1n) is 9.95. The van der Waals surface area contributed by atoms with Crippen LogP contribution in [-0.2, 0) is 21.2 Å². The third kappa shape index (κ3) is 3.88. The summed E-state index contributed by atoms with van der Waals surface area (Å²) in [6.45, 7) is 4.68. The summed E-state index contributed by atoms with van der Waals surface area (Å²) in [5.41, 5.74) is 3.12. The smallest absolute Gasteiger partial charge is 0.243 e. The molecule has 1 fully saturated rings. The minimum absolute atomic E-state index is 0.0300. The fourth-order valence-electron chi connectivity index (χ4n) is 4.35. The van der Waals surface area contributed by atoms with Crippen LogP contribution in [0, 0.1) is 12.8 Å². The van der Waals surface area contributed by atoms with Crippen LogP contribution in [0.1, 0.15) is 30.9 Å². The first-order chi connectivity index (χ1) is 13.8. The van der Waals surface area contributed by atoms with Gasteiger partial charge in [-0.2, -0.15) is 4.31 Å². The predicted molar refractivity (Wildman–Crippen MR) is 117 cm³/mol. The monoisotopic (exact) mass is 476 g/mol. The van der Waals surface area contributed by atoms with Crippen molar-refractivity contribution in [2.24, 2.45) is 5.92 Å². The van der Waals surface area contributed by atoms with Crippen molar-refractivity contribution in [3.63, 3.8) is 0 Å². The Morgan fingerprint density at radius 3 is 2.59 bits per heavy atom. The van der Waals surface area contributed by atoms with Crippen LogP contribution in [0.3, 0.4) is 0 Å². The number of fused-ring (bicyclic) bond motifs is 1. The Balaban J connectivity index is 1.56. The summed E-state index contributed by atoms with van der Waals surface area (Å²) in [6, 6.07) is 13.0. The highest BCUT2D eigenvalue weighted by Gasteiger charge is 2.39. The van der Waals surface area contributed by atoms with E-state index in [0.717, 1.165) is 27.7 Å². The first kappa shape index (κ1) is 20.6. The molecule has 154 valence electrons. The van der Waals surface area contributed by atoms with E-state index in [1.54, 1.807) is 24.3 Å². The van der Waals surface area contributed by atoms with Crippen LogP contribution in [0.15, 0.2) is 51.8 Å². The maximum atomic E-state index is 13.4. The van der Waals surface area contributed by atoms with E-state index in [0.29, 0.717) is 24.3 Å². The van der Waals surface area contributed by atoms with Gasteiger partial charge in [-0.3, -0.25) is 4.79 Å². The first-order valence-corrected chi connectivity index (χ1v) is 12.2. The number of rotatable bonds is 3. The summed E-state index contributed by atoms with van der Waals surface area (Å²) in [6.07, 6.45) is 2.23. The molecule has 2 aromatic rings. The highest BCUT2D eigenvalue weighted by Crippen LogP contribution is 2.36. The molecule has 1 amide bonds. The number of amides is 1. The molecule has 29 heavy (non-hydrogen) atoms. The summed E-state index contributed by atoms with van der Waals surface area (Å²) >= 11 is 3.50. The zero-order valence-corrected chi connectivity index (χ0v) is 19.0. The molecule has 5 nitrogen and oxygen atoms in total. The Labute approximate surface area is 180 Å². The maximum absolute atomic E-state index is 13.4. The standard InChI is InChI=1S/C22H25BrN2O3S/c1-15-5-8-20(9-6-15)29(27,28)24-11-3-4-17(14-24)22(26)25-16(2)12-18-13-19(23)7-10-21(18)25/h5-10,13,16-17H,3-4,11-12,14H2,1-2H3. The van der Waals surface area contributed by atoms with Gasteiger partial charge in [0.25, 0.3) is 0 Å². The lowest BCUT2D eigenvalue weighted by Crippen LogP contribution is -2.48. The van der Waals surface area contributed by atoms with Crippen molar-refractivity contribution in [2.45, 2.75) is 44.0 Å². The number of anilines is 1. The molecule has 2 aromatic carbocycles. The summed E-state index contributed by atoms with van der Waals surface area (Å²) in [4.78, 5) is 15.6. The van der Waals surface area contributed by atoms with Crippen molar-refractivity contribution >= 4 is 37.5 Å². The molecule has 0 aromatic heterocycles. The number of piperidine rings is 1. The van der Waals surface area contributed by atoms with Gasteiger partial charge in [0, 0.05) is 29.3 Å². The van der Waals surface area contributed by atoms with Gasteiger partial charge in [0.15, 0.2) is 0 Å². The van der Waals surface area contributed by atoms with Crippen LogP contribution < -0.4 is 4.90 Å². The van der Waals surface area contributed by atoms with E-state index < -0.39 is 10.0 Å². The number of hydrogen-bond acceptors (Lipinski definition) is 3. The van der Waals surface area contributed by atoms with Gasteiger partial charge in [-0.25, -0.2) is 8.42 Å². The zero-order valence-electron chi connectivity index (χ0n) is 16.6. The van der Waals surface area contributed by atoms with E-state index in [4.69, 9.17) is 0 Å². The van der Waals surface area contributed by atoms with Gasteiger partial charge in [-0.15, -0.1) is 0 Å². The second-order valence-electron chi connectivity index (χ2n) is 8.05. The maximum Gasteiger partial charge on any atom is 0.243 e. The second-order valence-corrected chi connectivity index (χ2v) is 10.9.